The van der Waals surface area contributed by atoms with Crippen molar-refractivity contribution in [3.8, 4) is 40.7 Å². The molecule has 0 radical (unpaired) electrons. The Morgan fingerprint density at radius 3 is 2.88 bits per heavy atom. The van der Waals surface area contributed by atoms with E-state index in [1.165, 1.54) is 33.9 Å². The fraction of sp³-hybridized carbons (Fsp3) is 0.150. The third-order valence-corrected chi connectivity index (χ3v) is 5.37. The maximum atomic E-state index is 14.4. The minimum atomic E-state index is -0.791. The number of rotatable bonds is 0. The number of fused-ring (bicyclic) bond motifs is 7. The van der Waals surface area contributed by atoms with Crippen molar-refractivity contribution in [1.82, 2.24) is 29.5 Å². The average molecular weight is 453 g/mol. The molecule has 0 saturated heterocycles. The van der Waals surface area contributed by atoms with Gasteiger partial charge in [0.1, 0.15) is 29.2 Å². The Balaban J connectivity index is 1.85. The molecule has 2 bridgehead atoms. The Morgan fingerprint density at radius 2 is 2.09 bits per heavy atom. The van der Waals surface area contributed by atoms with Gasteiger partial charge < -0.3 is 15.2 Å². The van der Waals surface area contributed by atoms with Crippen LogP contribution < -0.4 is 15.2 Å². The SMILES string of the molecule is C[C@H]1Oc2nc(cnc2N)-c2c(nn(C)c2C#N)Oc2ccnn2-c2ccc(F)c(Cl)c21. The summed E-state index contributed by atoms with van der Waals surface area (Å²) in [7, 11) is 1.60. The van der Waals surface area contributed by atoms with Gasteiger partial charge in [0.2, 0.25) is 5.88 Å². The summed E-state index contributed by atoms with van der Waals surface area (Å²) in [5.41, 5.74) is 7.49. The van der Waals surface area contributed by atoms with E-state index < -0.39 is 11.9 Å². The lowest BCUT2D eigenvalue weighted by Gasteiger charge is -2.21. The van der Waals surface area contributed by atoms with Crippen LogP contribution in [0.25, 0.3) is 16.9 Å². The lowest BCUT2D eigenvalue weighted by molar-refractivity contribution is 0.217. The summed E-state index contributed by atoms with van der Waals surface area (Å²) in [5, 5.41) is 18.2. The number of aromatic nitrogens is 6. The molecule has 12 heteroatoms. The summed E-state index contributed by atoms with van der Waals surface area (Å²) < 4.78 is 29.2. The van der Waals surface area contributed by atoms with E-state index in [1.807, 2.05) is 0 Å². The summed E-state index contributed by atoms with van der Waals surface area (Å²) in [4.78, 5) is 8.58. The molecule has 1 aliphatic rings. The molecule has 0 unspecified atom stereocenters. The van der Waals surface area contributed by atoms with E-state index in [9.17, 15) is 9.65 Å². The smallest absolute Gasteiger partial charge is 0.258 e. The number of benzene rings is 1. The van der Waals surface area contributed by atoms with Crippen molar-refractivity contribution >= 4 is 17.4 Å². The van der Waals surface area contributed by atoms with E-state index >= 15 is 0 Å². The van der Waals surface area contributed by atoms with Crippen LogP contribution in [0.2, 0.25) is 5.02 Å². The first-order valence-electron chi connectivity index (χ1n) is 9.35. The number of nitrogens with two attached hydrogens (primary N) is 1. The second-order valence-corrected chi connectivity index (χ2v) is 7.33. The molecular formula is C20H14ClFN8O2. The fourth-order valence-electron chi connectivity index (χ4n) is 3.52. The van der Waals surface area contributed by atoms with E-state index in [4.69, 9.17) is 26.8 Å². The number of anilines is 1. The molecule has 4 aromatic rings. The highest BCUT2D eigenvalue weighted by Gasteiger charge is 2.28. The van der Waals surface area contributed by atoms with Crippen molar-refractivity contribution in [2.75, 3.05) is 5.73 Å². The number of halogens is 2. The monoisotopic (exact) mass is 452 g/mol. The first-order valence-corrected chi connectivity index (χ1v) is 9.73. The second kappa shape index (κ2) is 7.21. The highest BCUT2D eigenvalue weighted by atomic mass is 35.5. The zero-order chi connectivity index (χ0) is 22.6. The maximum Gasteiger partial charge on any atom is 0.258 e. The van der Waals surface area contributed by atoms with Gasteiger partial charge in [-0.3, -0.25) is 4.68 Å². The highest BCUT2D eigenvalue weighted by molar-refractivity contribution is 6.31. The molecule has 1 atom stereocenters. The zero-order valence-electron chi connectivity index (χ0n) is 16.7. The Kier molecular flexibility index (Phi) is 4.45. The summed E-state index contributed by atoms with van der Waals surface area (Å²) >= 11 is 6.33. The molecular weight excluding hydrogens is 439 g/mol. The van der Waals surface area contributed by atoms with Crippen molar-refractivity contribution in [2.45, 2.75) is 13.0 Å². The van der Waals surface area contributed by atoms with E-state index in [2.05, 4.69) is 26.2 Å². The molecule has 0 amide bonds. The number of nitrogen functional groups attached to an aromatic ring is 1. The lowest BCUT2D eigenvalue weighted by Crippen LogP contribution is -2.14. The van der Waals surface area contributed by atoms with Gasteiger partial charge in [-0.2, -0.15) is 10.4 Å². The molecule has 2 N–H and O–H groups in total. The van der Waals surface area contributed by atoms with Crippen molar-refractivity contribution in [1.29, 1.82) is 5.26 Å². The normalized spacial score (nSPS) is 14.5. The van der Waals surface area contributed by atoms with Gasteiger partial charge >= 0.3 is 0 Å². The number of ether oxygens (including phenoxy) is 2. The third kappa shape index (κ3) is 2.92. The van der Waals surface area contributed by atoms with Crippen molar-refractivity contribution in [2.24, 2.45) is 7.05 Å². The topological polar surface area (TPSA) is 130 Å². The standard InChI is InChI=1S/C20H14ClFN8O2/c1-9-15-12(4-3-10(22)17(15)21)30-14(5-6-26-30)32-19-16(13(7-23)29(2)28-19)11-8-25-18(24)20(27-11)31-9/h3-6,8-9H,1-2H3,(H2,24,25)/t9-/m1/s1. The summed E-state index contributed by atoms with van der Waals surface area (Å²) in [6.45, 7) is 1.67. The van der Waals surface area contributed by atoms with Crippen LogP contribution in [0.5, 0.6) is 17.6 Å². The first-order chi connectivity index (χ1) is 15.4. The van der Waals surface area contributed by atoms with Crippen LogP contribution in [0.1, 0.15) is 24.3 Å². The van der Waals surface area contributed by atoms with E-state index in [1.54, 1.807) is 20.0 Å². The van der Waals surface area contributed by atoms with Gasteiger partial charge in [0.15, 0.2) is 11.5 Å². The first kappa shape index (κ1) is 19.8. The fourth-order valence-corrected chi connectivity index (χ4v) is 3.83. The highest BCUT2D eigenvalue weighted by Crippen LogP contribution is 2.40. The minimum absolute atomic E-state index is 0.0105. The van der Waals surface area contributed by atoms with Crippen LogP contribution in [-0.4, -0.2) is 29.5 Å². The molecule has 0 spiro atoms. The van der Waals surface area contributed by atoms with Crippen molar-refractivity contribution < 1.29 is 13.9 Å². The van der Waals surface area contributed by atoms with Gasteiger partial charge in [-0.1, -0.05) is 11.6 Å². The largest absolute Gasteiger partial charge is 0.467 e. The van der Waals surface area contributed by atoms with Crippen LogP contribution in [0, 0.1) is 17.1 Å². The van der Waals surface area contributed by atoms with Gasteiger partial charge in [0, 0.05) is 18.7 Å². The van der Waals surface area contributed by atoms with Crippen LogP contribution in [0.15, 0.2) is 30.6 Å². The number of hydrogen-bond acceptors (Lipinski definition) is 8. The number of nitriles is 1. The van der Waals surface area contributed by atoms with E-state index in [-0.39, 0.29) is 39.9 Å². The zero-order valence-corrected chi connectivity index (χ0v) is 17.5. The Hall–Kier alpha value is -4.17. The predicted molar refractivity (Wildman–Crippen MR) is 111 cm³/mol. The summed E-state index contributed by atoms with van der Waals surface area (Å²) in [6, 6.07) is 6.42. The second-order valence-electron chi connectivity index (χ2n) is 6.95. The van der Waals surface area contributed by atoms with Crippen LogP contribution in [0.4, 0.5) is 10.2 Å². The third-order valence-electron chi connectivity index (χ3n) is 4.99. The lowest BCUT2D eigenvalue weighted by atomic mass is 10.1. The molecule has 3 aromatic heterocycles. The predicted octanol–water partition coefficient (Wildman–Crippen LogP) is 3.55. The minimum Gasteiger partial charge on any atom is -0.467 e. The van der Waals surface area contributed by atoms with Crippen LogP contribution in [0.3, 0.4) is 0 Å². The summed E-state index contributed by atoms with van der Waals surface area (Å²) in [6.07, 6.45) is 2.11. The molecule has 160 valence electrons. The van der Waals surface area contributed by atoms with Gasteiger partial charge in [-0.15, -0.1) is 5.10 Å². The number of aryl methyl sites for hydroxylation is 1. The van der Waals surface area contributed by atoms with Crippen molar-refractivity contribution in [3.63, 3.8) is 0 Å². The van der Waals surface area contributed by atoms with Gasteiger partial charge in [-0.25, -0.2) is 19.0 Å². The molecule has 1 aromatic carbocycles. The summed E-state index contributed by atoms with van der Waals surface area (Å²) in [5.74, 6) is -0.271. The molecule has 0 fully saturated rings. The number of hydrogen-bond donors (Lipinski definition) is 1. The number of nitrogens with zero attached hydrogens (tertiary/aromatic N) is 7. The van der Waals surface area contributed by atoms with Gasteiger partial charge in [0.05, 0.1) is 23.1 Å². The van der Waals surface area contributed by atoms with Crippen LogP contribution in [-0.2, 0) is 7.05 Å². The van der Waals surface area contributed by atoms with Crippen LogP contribution >= 0.6 is 11.6 Å². The molecule has 1 aliphatic heterocycles. The molecule has 0 aliphatic carbocycles. The van der Waals surface area contributed by atoms with Crippen molar-refractivity contribution in [3.05, 3.63) is 52.7 Å². The molecule has 32 heavy (non-hydrogen) atoms. The maximum absolute atomic E-state index is 14.4. The van der Waals surface area contributed by atoms with Gasteiger partial charge in [0.25, 0.3) is 11.8 Å². The average Bonchev–Trinajstić information content (AvgIpc) is 3.34. The quantitative estimate of drug-likeness (QED) is 0.428. The molecule has 5 rings (SSSR count). The Bertz CT molecular complexity index is 1420. The van der Waals surface area contributed by atoms with Gasteiger partial charge in [-0.05, 0) is 19.1 Å². The molecule has 0 saturated carbocycles. The Labute approximate surface area is 185 Å². The van der Waals surface area contributed by atoms with E-state index in [0.29, 0.717) is 16.8 Å². The Morgan fingerprint density at radius 1 is 1.28 bits per heavy atom. The molecule has 4 heterocycles. The van der Waals surface area contributed by atoms with E-state index in [0.717, 1.165) is 0 Å². The molecule has 10 nitrogen and oxygen atoms in total.